The molecule has 34 heavy (non-hydrogen) atoms. The van der Waals surface area contributed by atoms with Crippen molar-refractivity contribution in [3.63, 3.8) is 0 Å². The van der Waals surface area contributed by atoms with Gasteiger partial charge < -0.3 is 4.57 Å². The maximum atomic E-state index is 11.5. The molecule has 1 heterocycles. The topological polar surface area (TPSA) is 104 Å². The Balaban J connectivity index is 1.82. The van der Waals surface area contributed by atoms with Crippen molar-refractivity contribution in [3.8, 4) is 11.3 Å². The van der Waals surface area contributed by atoms with Gasteiger partial charge >= 0.3 is 0 Å². The highest BCUT2D eigenvalue weighted by atomic mass is 32.1. The monoisotopic (exact) mass is 474 g/mol. The molecule has 0 bridgehead atoms. The fourth-order valence-corrected chi connectivity index (χ4v) is 4.79. The molecular weight excluding hydrogens is 452 g/mol. The zero-order valence-electron chi connectivity index (χ0n) is 18.4. The van der Waals surface area contributed by atoms with E-state index in [0.717, 1.165) is 18.5 Å². The van der Waals surface area contributed by atoms with Crippen molar-refractivity contribution in [2.75, 3.05) is 0 Å². The predicted octanol–water partition coefficient (Wildman–Crippen LogP) is 6.46. The van der Waals surface area contributed by atoms with Gasteiger partial charge in [0.1, 0.15) is 5.69 Å². The van der Waals surface area contributed by atoms with Gasteiger partial charge in [0.15, 0.2) is 4.80 Å². The molecule has 1 aromatic heterocycles. The summed E-state index contributed by atoms with van der Waals surface area (Å²) in [5.74, 6) is 0. The van der Waals surface area contributed by atoms with E-state index in [1.54, 1.807) is 24.3 Å². The van der Waals surface area contributed by atoms with E-state index in [1.807, 2.05) is 34.2 Å². The van der Waals surface area contributed by atoms with E-state index < -0.39 is 9.85 Å². The minimum absolute atomic E-state index is 0.00405. The van der Waals surface area contributed by atoms with E-state index in [0.29, 0.717) is 10.4 Å². The van der Waals surface area contributed by atoms with Crippen LogP contribution >= 0.6 is 11.3 Å². The van der Waals surface area contributed by atoms with Crippen LogP contribution in [0.15, 0.2) is 89.2 Å². The summed E-state index contributed by atoms with van der Waals surface area (Å²) < 4.78 is 2.02. The summed E-state index contributed by atoms with van der Waals surface area (Å²) in [6, 6.07) is 23.0. The van der Waals surface area contributed by atoms with Crippen molar-refractivity contribution in [2.45, 2.75) is 25.8 Å². The summed E-state index contributed by atoms with van der Waals surface area (Å²) in [5, 5.41) is 24.7. The third kappa shape index (κ3) is 5.10. The Morgan fingerprint density at radius 2 is 1.68 bits per heavy atom. The number of non-ortho nitro benzene ring substituents is 1. The van der Waals surface area contributed by atoms with Crippen molar-refractivity contribution in [1.29, 1.82) is 0 Å². The standard InChI is InChI=1S/C25H22N4O4S/c1-18(14-15-19-8-3-2-4-9-19)27-24(20-10-7-11-21(16-20)28(30)31)17-34-25(27)26-22-12-5-6-13-23(22)29(32)33/h2-13,16-18H,14-15H2,1H3. The number of nitro benzene ring substituents is 2. The largest absolute Gasteiger partial charge is 0.314 e. The van der Waals surface area contributed by atoms with Crippen LogP contribution in [0.5, 0.6) is 0 Å². The third-order valence-corrected chi connectivity index (χ3v) is 6.36. The predicted molar refractivity (Wildman–Crippen MR) is 132 cm³/mol. The Morgan fingerprint density at radius 1 is 0.941 bits per heavy atom. The summed E-state index contributed by atoms with van der Waals surface area (Å²) >= 11 is 1.35. The van der Waals surface area contributed by atoms with Crippen LogP contribution in [0.2, 0.25) is 0 Å². The summed E-state index contributed by atoms with van der Waals surface area (Å²) in [6.07, 6.45) is 1.64. The van der Waals surface area contributed by atoms with Crippen LogP contribution in [-0.4, -0.2) is 14.4 Å². The number of thiazole rings is 1. The second-order valence-electron chi connectivity index (χ2n) is 7.81. The normalized spacial score (nSPS) is 12.4. The van der Waals surface area contributed by atoms with Gasteiger partial charge in [0.05, 0.1) is 15.5 Å². The fraction of sp³-hybridized carbons (Fsp3) is 0.160. The van der Waals surface area contributed by atoms with E-state index in [2.05, 4.69) is 24.0 Å². The maximum absolute atomic E-state index is 11.5. The van der Waals surface area contributed by atoms with Gasteiger partial charge in [-0.1, -0.05) is 54.6 Å². The lowest BCUT2D eigenvalue weighted by molar-refractivity contribution is -0.384. The molecule has 4 rings (SSSR count). The first kappa shape index (κ1) is 23.1. The minimum Gasteiger partial charge on any atom is -0.314 e. The van der Waals surface area contributed by atoms with Crippen molar-refractivity contribution < 1.29 is 9.85 Å². The maximum Gasteiger partial charge on any atom is 0.294 e. The zero-order chi connectivity index (χ0) is 24.1. The van der Waals surface area contributed by atoms with Gasteiger partial charge in [-0.25, -0.2) is 4.99 Å². The molecule has 1 unspecified atom stereocenters. The second-order valence-corrected chi connectivity index (χ2v) is 8.65. The average Bonchev–Trinajstić information content (AvgIpc) is 3.27. The van der Waals surface area contributed by atoms with Crippen molar-refractivity contribution in [1.82, 2.24) is 4.57 Å². The quantitative estimate of drug-likeness (QED) is 0.216. The number of hydrogen-bond acceptors (Lipinski definition) is 6. The van der Waals surface area contributed by atoms with E-state index in [4.69, 9.17) is 0 Å². The molecule has 0 saturated carbocycles. The third-order valence-electron chi connectivity index (χ3n) is 5.52. The first-order valence-corrected chi connectivity index (χ1v) is 11.6. The highest BCUT2D eigenvalue weighted by Crippen LogP contribution is 2.30. The van der Waals surface area contributed by atoms with Gasteiger partial charge in [0.25, 0.3) is 11.4 Å². The molecule has 1 atom stereocenters. The van der Waals surface area contributed by atoms with Crippen LogP contribution < -0.4 is 4.80 Å². The van der Waals surface area contributed by atoms with E-state index in [-0.39, 0.29) is 23.1 Å². The molecule has 4 aromatic rings. The molecule has 0 fully saturated rings. The molecule has 3 aromatic carbocycles. The highest BCUT2D eigenvalue weighted by molar-refractivity contribution is 7.07. The molecule has 0 aliphatic heterocycles. The molecule has 0 aliphatic carbocycles. The Morgan fingerprint density at radius 3 is 2.41 bits per heavy atom. The van der Waals surface area contributed by atoms with Crippen LogP contribution in [0.1, 0.15) is 24.9 Å². The van der Waals surface area contributed by atoms with Gasteiger partial charge in [-0.2, -0.15) is 0 Å². The van der Waals surface area contributed by atoms with E-state index >= 15 is 0 Å². The SMILES string of the molecule is CC(CCc1ccccc1)n1c(-c2cccc([N+](=O)[O-])c2)csc1=Nc1ccccc1[N+](=O)[O-]. The Labute approximate surface area is 199 Å². The minimum atomic E-state index is -0.447. The summed E-state index contributed by atoms with van der Waals surface area (Å²) in [4.78, 5) is 27.2. The summed E-state index contributed by atoms with van der Waals surface area (Å²) in [7, 11) is 0. The van der Waals surface area contributed by atoms with E-state index in [9.17, 15) is 20.2 Å². The lowest BCUT2D eigenvalue weighted by Crippen LogP contribution is -2.20. The van der Waals surface area contributed by atoms with Crippen LogP contribution in [0.4, 0.5) is 17.1 Å². The van der Waals surface area contributed by atoms with Crippen LogP contribution in [0.3, 0.4) is 0 Å². The van der Waals surface area contributed by atoms with Gasteiger partial charge in [0.2, 0.25) is 0 Å². The zero-order valence-corrected chi connectivity index (χ0v) is 19.2. The number of nitro groups is 2. The van der Waals surface area contributed by atoms with Gasteiger partial charge in [-0.3, -0.25) is 20.2 Å². The van der Waals surface area contributed by atoms with Crippen molar-refractivity contribution in [2.24, 2.45) is 4.99 Å². The number of benzene rings is 3. The molecule has 8 nitrogen and oxygen atoms in total. The van der Waals surface area contributed by atoms with Gasteiger partial charge in [0, 0.05) is 35.2 Å². The van der Waals surface area contributed by atoms with Crippen molar-refractivity contribution >= 4 is 28.4 Å². The summed E-state index contributed by atoms with van der Waals surface area (Å²) in [5.41, 5.74) is 2.89. The number of hydrogen-bond donors (Lipinski definition) is 0. The van der Waals surface area contributed by atoms with Crippen LogP contribution in [0.25, 0.3) is 11.3 Å². The van der Waals surface area contributed by atoms with Gasteiger partial charge in [-0.15, -0.1) is 11.3 Å². The number of nitrogens with zero attached hydrogens (tertiary/aromatic N) is 4. The fourth-order valence-electron chi connectivity index (χ4n) is 3.78. The molecule has 0 aliphatic rings. The molecule has 0 saturated heterocycles. The molecule has 9 heteroatoms. The second kappa shape index (κ2) is 10.2. The van der Waals surface area contributed by atoms with Crippen LogP contribution in [-0.2, 0) is 6.42 Å². The Bertz CT molecular complexity index is 1400. The van der Waals surface area contributed by atoms with Crippen LogP contribution in [0, 0.1) is 20.2 Å². The first-order valence-electron chi connectivity index (χ1n) is 10.7. The number of para-hydroxylation sites is 2. The number of rotatable bonds is 8. The number of aromatic nitrogens is 1. The Hall–Kier alpha value is -4.11. The summed E-state index contributed by atoms with van der Waals surface area (Å²) in [6.45, 7) is 2.06. The lowest BCUT2D eigenvalue weighted by Gasteiger charge is -2.17. The van der Waals surface area contributed by atoms with Crippen molar-refractivity contribution in [3.05, 3.63) is 115 Å². The molecule has 0 spiro atoms. The van der Waals surface area contributed by atoms with Gasteiger partial charge in [-0.05, 0) is 31.4 Å². The van der Waals surface area contributed by atoms with E-state index in [1.165, 1.54) is 35.1 Å². The highest BCUT2D eigenvalue weighted by Gasteiger charge is 2.18. The molecular formula is C25H22N4O4S. The Kier molecular flexibility index (Phi) is 6.93. The lowest BCUT2D eigenvalue weighted by atomic mass is 10.1. The molecule has 0 radical (unpaired) electrons. The molecule has 172 valence electrons. The molecule has 0 N–H and O–H groups in total. The average molecular weight is 475 g/mol. The molecule has 0 amide bonds. The first-order chi connectivity index (χ1) is 16.4. The number of aryl methyl sites for hydroxylation is 1. The smallest absolute Gasteiger partial charge is 0.294 e.